The van der Waals surface area contributed by atoms with Gasteiger partial charge in [-0.15, -0.1) is 0 Å². The molecule has 1 fully saturated rings. The summed E-state index contributed by atoms with van der Waals surface area (Å²) in [7, 11) is 0. The van der Waals surface area contributed by atoms with E-state index < -0.39 is 0 Å². The van der Waals surface area contributed by atoms with Gasteiger partial charge in [-0.25, -0.2) is 0 Å². The molecule has 3 nitrogen and oxygen atoms in total. The van der Waals surface area contributed by atoms with Crippen molar-refractivity contribution in [2.75, 3.05) is 18.0 Å². The van der Waals surface area contributed by atoms with E-state index in [1.165, 1.54) is 43.2 Å². The largest absolute Gasteiger partial charge is 0.330 e. The minimum Gasteiger partial charge on any atom is -0.330 e. The summed E-state index contributed by atoms with van der Waals surface area (Å²) in [5, 5.41) is 0. The highest BCUT2D eigenvalue weighted by molar-refractivity contribution is 5.95. The Balaban J connectivity index is 1.54. The fourth-order valence-corrected chi connectivity index (χ4v) is 4.28. The van der Waals surface area contributed by atoms with Crippen molar-refractivity contribution in [3.8, 4) is 0 Å². The number of aryl methyl sites for hydroxylation is 1. The number of amides is 1. The molecule has 3 rings (SSSR count). The summed E-state index contributed by atoms with van der Waals surface area (Å²) in [4.78, 5) is 14.7. The van der Waals surface area contributed by atoms with Gasteiger partial charge in [-0.1, -0.05) is 44.2 Å². The van der Waals surface area contributed by atoms with Crippen molar-refractivity contribution in [2.24, 2.45) is 11.7 Å². The molecule has 0 saturated heterocycles. The number of nitrogens with zero attached hydrogens (tertiary/aromatic N) is 1. The van der Waals surface area contributed by atoms with Gasteiger partial charge in [0.05, 0.1) is 0 Å². The Labute approximate surface area is 146 Å². The maximum Gasteiger partial charge on any atom is 0.227 e. The van der Waals surface area contributed by atoms with Crippen LogP contribution in [-0.2, 0) is 17.6 Å². The lowest BCUT2D eigenvalue weighted by atomic mass is 9.86. The Hall–Kier alpha value is -1.35. The summed E-state index contributed by atoms with van der Waals surface area (Å²) in [5.41, 5.74) is 9.47. The molecule has 0 spiro atoms. The Morgan fingerprint density at radius 1 is 1.17 bits per heavy atom. The van der Waals surface area contributed by atoms with Gasteiger partial charge in [0.1, 0.15) is 0 Å². The molecular formula is C21H32N2O. The van der Waals surface area contributed by atoms with Crippen LogP contribution in [0.25, 0.3) is 0 Å². The third-order valence-electron chi connectivity index (χ3n) is 5.75. The first kappa shape index (κ1) is 17.5. The quantitative estimate of drug-likeness (QED) is 0.762. The maximum atomic E-state index is 12.7. The fraction of sp³-hybridized carbons (Fsp3) is 0.667. The van der Waals surface area contributed by atoms with Crippen LogP contribution in [0.15, 0.2) is 18.2 Å². The molecule has 2 N–H and O–H groups in total. The van der Waals surface area contributed by atoms with Gasteiger partial charge in [-0.3, -0.25) is 4.79 Å². The van der Waals surface area contributed by atoms with Crippen molar-refractivity contribution in [1.82, 2.24) is 0 Å². The van der Waals surface area contributed by atoms with Crippen LogP contribution in [0.3, 0.4) is 0 Å². The summed E-state index contributed by atoms with van der Waals surface area (Å²) < 4.78 is 0. The normalized spacial score (nSPS) is 18.0. The molecular weight excluding hydrogens is 296 g/mol. The van der Waals surface area contributed by atoms with Gasteiger partial charge in [0, 0.05) is 18.7 Å². The van der Waals surface area contributed by atoms with Crippen LogP contribution in [-0.4, -0.2) is 19.0 Å². The number of rotatable bonds is 7. The van der Waals surface area contributed by atoms with Crippen LogP contribution in [0.2, 0.25) is 0 Å². The van der Waals surface area contributed by atoms with E-state index in [4.69, 9.17) is 5.73 Å². The van der Waals surface area contributed by atoms with Crippen molar-refractivity contribution < 1.29 is 4.79 Å². The van der Waals surface area contributed by atoms with Crippen molar-refractivity contribution in [1.29, 1.82) is 0 Å². The minimum absolute atomic E-state index is 0.329. The lowest BCUT2D eigenvalue weighted by Gasteiger charge is -2.23. The van der Waals surface area contributed by atoms with Crippen molar-refractivity contribution in [3.63, 3.8) is 0 Å². The zero-order chi connectivity index (χ0) is 16.8. The number of hydrogen-bond acceptors (Lipinski definition) is 2. The number of fused-ring (bicyclic) bond motifs is 1. The van der Waals surface area contributed by atoms with Gasteiger partial charge in [-0.05, 0) is 61.8 Å². The first-order valence-electron chi connectivity index (χ1n) is 9.90. The first-order chi connectivity index (χ1) is 11.8. The standard InChI is InChI=1S/C21H32N2O/c22-14-5-4-8-18-9-11-20-19(16-18)13-15-23(20)21(24)12-10-17-6-2-1-3-7-17/h9,11,16-17H,1-8,10,12-15,22H2. The average molecular weight is 329 g/mol. The van der Waals surface area contributed by atoms with E-state index in [9.17, 15) is 4.79 Å². The second-order valence-electron chi connectivity index (χ2n) is 7.55. The molecule has 0 unspecified atom stereocenters. The molecule has 2 aliphatic rings. The number of carbonyl (C=O) groups is 1. The molecule has 1 aromatic carbocycles. The third-order valence-corrected chi connectivity index (χ3v) is 5.75. The SMILES string of the molecule is NCCCCc1ccc2c(c1)CCN2C(=O)CCC1CCCCC1. The minimum atomic E-state index is 0.329. The topological polar surface area (TPSA) is 46.3 Å². The smallest absolute Gasteiger partial charge is 0.227 e. The van der Waals surface area contributed by atoms with Crippen LogP contribution in [0, 0.1) is 5.92 Å². The number of unbranched alkanes of at least 4 members (excludes halogenated alkanes) is 1. The van der Waals surface area contributed by atoms with Crippen LogP contribution < -0.4 is 10.6 Å². The van der Waals surface area contributed by atoms with Crippen LogP contribution in [0.4, 0.5) is 5.69 Å². The Morgan fingerprint density at radius 2 is 2.00 bits per heavy atom. The van der Waals surface area contributed by atoms with E-state index in [1.54, 1.807) is 0 Å². The molecule has 0 bridgehead atoms. The summed E-state index contributed by atoms with van der Waals surface area (Å²) >= 11 is 0. The van der Waals surface area contributed by atoms with Gasteiger partial charge in [-0.2, -0.15) is 0 Å². The van der Waals surface area contributed by atoms with Crippen molar-refractivity contribution >= 4 is 11.6 Å². The highest BCUT2D eigenvalue weighted by Crippen LogP contribution is 2.32. The molecule has 1 aliphatic carbocycles. The van der Waals surface area contributed by atoms with E-state index in [0.717, 1.165) is 63.2 Å². The van der Waals surface area contributed by atoms with Crippen molar-refractivity contribution in [2.45, 2.75) is 70.6 Å². The van der Waals surface area contributed by atoms with Gasteiger partial charge < -0.3 is 10.6 Å². The molecule has 1 saturated carbocycles. The average Bonchev–Trinajstić information content (AvgIpc) is 3.04. The van der Waals surface area contributed by atoms with E-state index in [1.807, 2.05) is 4.90 Å². The van der Waals surface area contributed by atoms with E-state index in [2.05, 4.69) is 18.2 Å². The van der Waals surface area contributed by atoms with Crippen LogP contribution in [0.1, 0.15) is 68.9 Å². The zero-order valence-corrected chi connectivity index (χ0v) is 14.9. The van der Waals surface area contributed by atoms with E-state index in [0.29, 0.717) is 5.91 Å². The van der Waals surface area contributed by atoms with Gasteiger partial charge in [0.25, 0.3) is 0 Å². The van der Waals surface area contributed by atoms with Crippen LogP contribution in [0.5, 0.6) is 0 Å². The molecule has 1 aliphatic heterocycles. The second-order valence-corrected chi connectivity index (χ2v) is 7.55. The first-order valence-corrected chi connectivity index (χ1v) is 9.90. The summed E-state index contributed by atoms with van der Waals surface area (Å²) in [6, 6.07) is 6.67. The predicted molar refractivity (Wildman–Crippen MR) is 100 cm³/mol. The zero-order valence-electron chi connectivity index (χ0n) is 14.9. The second kappa shape index (κ2) is 8.66. The lowest BCUT2D eigenvalue weighted by molar-refractivity contribution is -0.118. The van der Waals surface area contributed by atoms with Crippen molar-refractivity contribution in [3.05, 3.63) is 29.3 Å². The molecule has 0 aromatic heterocycles. The van der Waals surface area contributed by atoms with Gasteiger partial charge >= 0.3 is 0 Å². The number of carbonyl (C=O) groups excluding carboxylic acids is 1. The molecule has 1 amide bonds. The van der Waals surface area contributed by atoms with E-state index in [-0.39, 0.29) is 0 Å². The molecule has 0 radical (unpaired) electrons. The number of benzene rings is 1. The number of nitrogens with two attached hydrogens (primary N) is 1. The summed E-state index contributed by atoms with van der Waals surface area (Å²) in [6.07, 6.45) is 12.9. The number of anilines is 1. The monoisotopic (exact) mass is 328 g/mol. The molecule has 1 aromatic rings. The molecule has 24 heavy (non-hydrogen) atoms. The summed E-state index contributed by atoms with van der Waals surface area (Å²) in [5.74, 6) is 1.12. The molecule has 3 heteroatoms. The van der Waals surface area contributed by atoms with Gasteiger partial charge in [0.15, 0.2) is 0 Å². The van der Waals surface area contributed by atoms with Gasteiger partial charge in [0.2, 0.25) is 5.91 Å². The summed E-state index contributed by atoms with van der Waals surface area (Å²) in [6.45, 7) is 1.64. The third kappa shape index (κ3) is 4.38. The maximum absolute atomic E-state index is 12.7. The molecule has 1 heterocycles. The highest BCUT2D eigenvalue weighted by atomic mass is 16.2. The predicted octanol–water partition coefficient (Wildman–Crippen LogP) is 4.22. The fourth-order valence-electron chi connectivity index (χ4n) is 4.28. The lowest BCUT2D eigenvalue weighted by Crippen LogP contribution is -2.29. The van der Waals surface area contributed by atoms with Crippen LogP contribution >= 0.6 is 0 Å². The number of hydrogen-bond donors (Lipinski definition) is 1. The molecule has 0 atom stereocenters. The molecule has 132 valence electrons. The van der Waals surface area contributed by atoms with E-state index >= 15 is 0 Å². The Morgan fingerprint density at radius 3 is 2.79 bits per heavy atom. The highest BCUT2D eigenvalue weighted by Gasteiger charge is 2.25. The Kier molecular flexibility index (Phi) is 6.30. The Bertz CT molecular complexity index is 549.